The smallest absolute Gasteiger partial charge is 0.433 e. The zero-order chi connectivity index (χ0) is 17.2. The van der Waals surface area contributed by atoms with Crippen LogP contribution in [0, 0.1) is 0 Å². The summed E-state index contributed by atoms with van der Waals surface area (Å²) in [6.07, 6.45) is -4.70. The summed E-state index contributed by atoms with van der Waals surface area (Å²) in [6.45, 7) is 3.05. The van der Waals surface area contributed by atoms with Crippen molar-refractivity contribution in [3.8, 4) is 0 Å². The number of carbonyl (C=O) groups excluding carboxylic acids is 2. The van der Waals surface area contributed by atoms with Gasteiger partial charge in [0.1, 0.15) is 11.3 Å². The molecule has 0 aliphatic heterocycles. The number of aromatic nitrogens is 2. The number of rotatable bonds is 4. The number of carbonyl (C=O) groups is 2. The molecule has 23 heavy (non-hydrogen) atoms. The van der Waals surface area contributed by atoms with Crippen LogP contribution in [0.25, 0.3) is 5.52 Å². The van der Waals surface area contributed by atoms with Crippen LogP contribution in [0.1, 0.15) is 40.4 Å². The van der Waals surface area contributed by atoms with Crippen molar-refractivity contribution in [1.82, 2.24) is 9.61 Å². The van der Waals surface area contributed by atoms with Crippen molar-refractivity contribution in [2.45, 2.75) is 20.0 Å². The third-order valence-corrected chi connectivity index (χ3v) is 2.90. The Balaban J connectivity index is 2.75. The third-order valence-electron chi connectivity index (χ3n) is 2.90. The summed E-state index contributed by atoms with van der Waals surface area (Å²) in [5, 5.41) is 3.62. The Morgan fingerprint density at radius 1 is 1.13 bits per heavy atom. The predicted octanol–water partition coefficient (Wildman–Crippen LogP) is 2.71. The summed E-state index contributed by atoms with van der Waals surface area (Å²) >= 11 is 0. The van der Waals surface area contributed by atoms with Crippen LogP contribution in [0.4, 0.5) is 13.2 Å². The van der Waals surface area contributed by atoms with E-state index in [1.54, 1.807) is 0 Å². The van der Waals surface area contributed by atoms with E-state index in [1.165, 1.54) is 19.9 Å². The maximum atomic E-state index is 13.1. The number of halogens is 3. The van der Waals surface area contributed by atoms with Gasteiger partial charge in [0.2, 0.25) is 0 Å². The van der Waals surface area contributed by atoms with Crippen LogP contribution in [0.15, 0.2) is 18.2 Å². The number of pyridine rings is 1. The molecule has 2 aromatic rings. The lowest BCUT2D eigenvalue weighted by molar-refractivity contribution is -0.142. The summed E-state index contributed by atoms with van der Waals surface area (Å²) < 4.78 is 49.2. The van der Waals surface area contributed by atoms with Gasteiger partial charge in [-0.05, 0) is 26.0 Å². The molecule has 9 heteroatoms. The summed E-state index contributed by atoms with van der Waals surface area (Å²) in [7, 11) is 0. The Hall–Kier alpha value is -2.58. The fourth-order valence-electron chi connectivity index (χ4n) is 2.03. The standard InChI is InChI=1S/C14H13F3N2O4/c1-3-22-12(20)10-8-6-5-7-9(14(15,16)17)19(8)18-11(10)13(21)23-4-2/h5-7H,3-4H2,1-2H3. The zero-order valence-electron chi connectivity index (χ0n) is 12.3. The SMILES string of the molecule is CCOC(=O)c1nn2c(C(F)(F)F)cccc2c1C(=O)OCC. The molecule has 124 valence electrons. The number of alkyl halides is 3. The molecular weight excluding hydrogens is 317 g/mol. The quantitative estimate of drug-likeness (QED) is 0.806. The van der Waals surface area contributed by atoms with Gasteiger partial charge < -0.3 is 9.47 Å². The molecule has 2 heterocycles. The van der Waals surface area contributed by atoms with Crippen molar-refractivity contribution in [2.24, 2.45) is 0 Å². The van der Waals surface area contributed by atoms with Gasteiger partial charge in [0.15, 0.2) is 5.69 Å². The molecule has 0 aliphatic rings. The number of hydrogen-bond donors (Lipinski definition) is 0. The molecule has 0 spiro atoms. The summed E-state index contributed by atoms with van der Waals surface area (Å²) in [6, 6.07) is 3.17. The second kappa shape index (κ2) is 6.27. The fraction of sp³-hybridized carbons (Fsp3) is 0.357. The average Bonchev–Trinajstić information content (AvgIpc) is 2.85. The molecule has 2 aromatic heterocycles. The van der Waals surface area contributed by atoms with Crippen molar-refractivity contribution in [3.63, 3.8) is 0 Å². The van der Waals surface area contributed by atoms with Crippen LogP contribution >= 0.6 is 0 Å². The predicted molar refractivity (Wildman–Crippen MR) is 72.1 cm³/mol. The van der Waals surface area contributed by atoms with E-state index in [4.69, 9.17) is 9.47 Å². The first-order chi connectivity index (χ1) is 10.8. The van der Waals surface area contributed by atoms with Crippen LogP contribution in [0.5, 0.6) is 0 Å². The molecule has 0 amide bonds. The lowest BCUT2D eigenvalue weighted by Crippen LogP contribution is -2.13. The normalized spacial score (nSPS) is 11.5. The maximum absolute atomic E-state index is 13.1. The lowest BCUT2D eigenvalue weighted by Gasteiger charge is -2.08. The molecule has 0 fully saturated rings. The van der Waals surface area contributed by atoms with Crippen LogP contribution < -0.4 is 0 Å². The highest BCUT2D eigenvalue weighted by atomic mass is 19.4. The molecule has 0 atom stereocenters. The Bertz CT molecular complexity index is 752. The number of fused-ring (bicyclic) bond motifs is 1. The van der Waals surface area contributed by atoms with Gasteiger partial charge in [-0.1, -0.05) is 6.07 Å². The Morgan fingerprint density at radius 2 is 1.74 bits per heavy atom. The van der Waals surface area contributed by atoms with E-state index in [0.29, 0.717) is 4.52 Å². The summed E-state index contributed by atoms with van der Waals surface area (Å²) in [4.78, 5) is 24.0. The van der Waals surface area contributed by atoms with Crippen molar-refractivity contribution in [1.29, 1.82) is 0 Å². The molecular formula is C14H13F3N2O4. The van der Waals surface area contributed by atoms with E-state index < -0.39 is 29.5 Å². The molecule has 6 nitrogen and oxygen atoms in total. The van der Waals surface area contributed by atoms with Crippen LogP contribution in [-0.4, -0.2) is 34.8 Å². The minimum Gasteiger partial charge on any atom is -0.462 e. The highest BCUT2D eigenvalue weighted by molar-refractivity contribution is 6.07. The first-order valence-corrected chi connectivity index (χ1v) is 6.74. The van der Waals surface area contributed by atoms with Gasteiger partial charge in [-0.2, -0.15) is 18.3 Å². The van der Waals surface area contributed by atoms with Crippen LogP contribution in [-0.2, 0) is 15.7 Å². The number of hydrogen-bond acceptors (Lipinski definition) is 5. The van der Waals surface area contributed by atoms with E-state index in [9.17, 15) is 22.8 Å². The minimum atomic E-state index is -4.70. The minimum absolute atomic E-state index is 0.00258. The van der Waals surface area contributed by atoms with Crippen molar-refractivity contribution >= 4 is 17.5 Å². The molecule has 2 rings (SSSR count). The monoisotopic (exact) mass is 330 g/mol. The zero-order valence-corrected chi connectivity index (χ0v) is 12.3. The van der Waals surface area contributed by atoms with Gasteiger partial charge >= 0.3 is 18.1 Å². The Morgan fingerprint density at radius 3 is 2.30 bits per heavy atom. The van der Waals surface area contributed by atoms with Crippen molar-refractivity contribution in [3.05, 3.63) is 35.2 Å². The summed E-state index contributed by atoms with van der Waals surface area (Å²) in [5.74, 6) is -1.93. The molecule has 0 aromatic carbocycles. The van der Waals surface area contributed by atoms with E-state index in [0.717, 1.165) is 12.1 Å². The molecule has 0 bridgehead atoms. The van der Waals surface area contributed by atoms with Crippen LogP contribution in [0.3, 0.4) is 0 Å². The molecule has 0 aliphatic carbocycles. The van der Waals surface area contributed by atoms with Gasteiger partial charge in [0.25, 0.3) is 0 Å². The van der Waals surface area contributed by atoms with E-state index in [2.05, 4.69) is 5.10 Å². The number of ether oxygens (including phenoxy) is 2. The highest BCUT2D eigenvalue weighted by Gasteiger charge is 2.36. The van der Waals surface area contributed by atoms with Gasteiger partial charge in [0, 0.05) is 0 Å². The maximum Gasteiger partial charge on any atom is 0.433 e. The number of nitrogens with zero attached hydrogens (tertiary/aromatic N) is 2. The first kappa shape index (κ1) is 16.8. The number of esters is 2. The topological polar surface area (TPSA) is 69.9 Å². The fourth-order valence-corrected chi connectivity index (χ4v) is 2.03. The second-order valence-corrected chi connectivity index (χ2v) is 4.37. The average molecular weight is 330 g/mol. The van der Waals surface area contributed by atoms with E-state index >= 15 is 0 Å². The molecule has 0 unspecified atom stereocenters. The summed E-state index contributed by atoms with van der Waals surface area (Å²) in [5.41, 5.74) is -2.16. The lowest BCUT2D eigenvalue weighted by atomic mass is 10.2. The Labute approximate surface area is 128 Å². The highest BCUT2D eigenvalue weighted by Crippen LogP contribution is 2.31. The molecule has 0 radical (unpaired) electrons. The molecule has 0 N–H and O–H groups in total. The third kappa shape index (κ3) is 3.13. The Kier molecular flexibility index (Phi) is 4.57. The second-order valence-electron chi connectivity index (χ2n) is 4.37. The van der Waals surface area contributed by atoms with Crippen molar-refractivity contribution in [2.75, 3.05) is 13.2 Å². The van der Waals surface area contributed by atoms with Crippen molar-refractivity contribution < 1.29 is 32.2 Å². The van der Waals surface area contributed by atoms with Crippen LogP contribution in [0.2, 0.25) is 0 Å². The molecule has 0 saturated heterocycles. The van der Waals surface area contributed by atoms with Gasteiger partial charge in [0.05, 0.1) is 18.7 Å². The van der Waals surface area contributed by atoms with E-state index in [-0.39, 0.29) is 24.3 Å². The van der Waals surface area contributed by atoms with E-state index in [1.807, 2.05) is 0 Å². The largest absolute Gasteiger partial charge is 0.462 e. The van der Waals surface area contributed by atoms with Gasteiger partial charge in [-0.15, -0.1) is 0 Å². The first-order valence-electron chi connectivity index (χ1n) is 6.74. The molecule has 0 saturated carbocycles. The van der Waals surface area contributed by atoms with Gasteiger partial charge in [-0.3, -0.25) is 0 Å². The van der Waals surface area contributed by atoms with Gasteiger partial charge in [-0.25, -0.2) is 14.1 Å².